The fourth-order valence-corrected chi connectivity index (χ4v) is 3.79. The molecule has 2 aliphatic heterocycles. The summed E-state index contributed by atoms with van der Waals surface area (Å²) in [6, 6.07) is 0. The fourth-order valence-electron chi connectivity index (χ4n) is 1.95. The van der Waals surface area contributed by atoms with Crippen molar-refractivity contribution in [1.29, 1.82) is 0 Å². The van der Waals surface area contributed by atoms with Crippen LogP contribution in [0.3, 0.4) is 0 Å². The summed E-state index contributed by atoms with van der Waals surface area (Å²) in [6.07, 6.45) is 2.18. The second-order valence-electron chi connectivity index (χ2n) is 3.92. The second-order valence-corrected chi connectivity index (χ2v) is 6.15. The van der Waals surface area contributed by atoms with Crippen LogP contribution in [0.2, 0.25) is 0 Å². The van der Waals surface area contributed by atoms with Gasteiger partial charge in [0.15, 0.2) is 9.84 Å². The number of nitrogens with zero attached hydrogens (tertiary/aromatic N) is 1. The molecule has 0 saturated carbocycles. The lowest BCUT2D eigenvalue weighted by Gasteiger charge is -2.32. The molecule has 0 N–H and O–H groups in total. The first-order valence-corrected chi connectivity index (χ1v) is 6.41. The van der Waals surface area contributed by atoms with Crippen LogP contribution >= 0.6 is 0 Å². The highest BCUT2D eigenvalue weighted by molar-refractivity contribution is 7.91. The molecule has 0 aromatic rings. The van der Waals surface area contributed by atoms with Crippen LogP contribution in [0.1, 0.15) is 12.8 Å². The molecule has 0 aromatic carbocycles. The highest BCUT2D eigenvalue weighted by Gasteiger charge is 2.30. The normalized spacial score (nSPS) is 34.8. The maximum Gasteiger partial charge on any atom is 0.150 e. The molecule has 0 amide bonds. The predicted molar refractivity (Wildman–Crippen MR) is 47.8 cm³/mol. The third-order valence-corrected chi connectivity index (χ3v) is 4.63. The van der Waals surface area contributed by atoms with E-state index in [1.807, 2.05) is 0 Å². The minimum absolute atomic E-state index is 0.422. The fraction of sp³-hybridized carbons (Fsp3) is 1.00. The van der Waals surface area contributed by atoms with Crippen molar-refractivity contribution in [3.8, 4) is 0 Å². The zero-order valence-electron chi connectivity index (χ0n) is 7.20. The van der Waals surface area contributed by atoms with E-state index in [1.54, 1.807) is 0 Å². The lowest BCUT2D eigenvalue weighted by molar-refractivity contribution is 0.158. The summed E-state index contributed by atoms with van der Waals surface area (Å²) in [7, 11) is -2.65. The molecule has 12 heavy (non-hydrogen) atoms. The van der Waals surface area contributed by atoms with Crippen molar-refractivity contribution in [2.75, 3.05) is 31.1 Å². The van der Waals surface area contributed by atoms with E-state index in [4.69, 9.17) is 0 Å². The van der Waals surface area contributed by atoms with Crippen LogP contribution in [-0.4, -0.2) is 44.5 Å². The van der Waals surface area contributed by atoms with Crippen LogP contribution < -0.4 is 0 Å². The molecular weight excluding hydrogens is 174 g/mol. The Morgan fingerprint density at radius 2 is 2.08 bits per heavy atom. The van der Waals surface area contributed by atoms with Gasteiger partial charge in [0.1, 0.15) is 0 Å². The number of rotatable bonds is 2. The Morgan fingerprint density at radius 1 is 1.33 bits per heavy atom. The van der Waals surface area contributed by atoms with Gasteiger partial charge in [-0.2, -0.15) is 0 Å². The monoisotopic (exact) mass is 189 g/mol. The van der Waals surface area contributed by atoms with Crippen molar-refractivity contribution in [2.45, 2.75) is 12.8 Å². The SMILES string of the molecule is O=S1(=O)CCC(CN2CCC2)C1. The van der Waals surface area contributed by atoms with E-state index >= 15 is 0 Å². The van der Waals surface area contributed by atoms with Gasteiger partial charge < -0.3 is 4.90 Å². The third kappa shape index (κ3) is 1.80. The Kier molecular flexibility index (Phi) is 2.12. The van der Waals surface area contributed by atoms with E-state index in [0.29, 0.717) is 17.4 Å². The van der Waals surface area contributed by atoms with Gasteiger partial charge in [-0.3, -0.25) is 0 Å². The van der Waals surface area contributed by atoms with Crippen LogP contribution in [0.4, 0.5) is 0 Å². The van der Waals surface area contributed by atoms with Crippen LogP contribution in [0.25, 0.3) is 0 Å². The van der Waals surface area contributed by atoms with Gasteiger partial charge >= 0.3 is 0 Å². The largest absolute Gasteiger partial charge is 0.303 e. The lowest BCUT2D eigenvalue weighted by Crippen LogP contribution is -2.40. The van der Waals surface area contributed by atoms with Crippen LogP contribution in [0, 0.1) is 5.92 Å². The maximum atomic E-state index is 11.1. The smallest absolute Gasteiger partial charge is 0.150 e. The lowest BCUT2D eigenvalue weighted by atomic mass is 10.1. The summed E-state index contributed by atoms with van der Waals surface area (Å²) in [6.45, 7) is 3.37. The quantitative estimate of drug-likeness (QED) is 0.619. The van der Waals surface area contributed by atoms with E-state index < -0.39 is 9.84 Å². The molecule has 0 aromatic heterocycles. The number of likely N-dealkylation sites (tertiary alicyclic amines) is 1. The Hall–Kier alpha value is -0.0900. The molecule has 70 valence electrons. The van der Waals surface area contributed by atoms with Gasteiger partial charge in [-0.1, -0.05) is 0 Å². The molecule has 2 rings (SSSR count). The van der Waals surface area contributed by atoms with Crippen LogP contribution in [-0.2, 0) is 9.84 Å². The van der Waals surface area contributed by atoms with Gasteiger partial charge in [0.25, 0.3) is 0 Å². The van der Waals surface area contributed by atoms with E-state index in [2.05, 4.69) is 4.90 Å². The van der Waals surface area contributed by atoms with Crippen molar-refractivity contribution in [2.24, 2.45) is 5.92 Å². The molecule has 2 aliphatic rings. The van der Waals surface area contributed by atoms with Crippen LogP contribution in [0.15, 0.2) is 0 Å². The first-order chi connectivity index (χ1) is 5.66. The summed E-state index contributed by atoms with van der Waals surface area (Å²) in [4.78, 5) is 2.35. The molecule has 0 bridgehead atoms. The number of hydrogen-bond acceptors (Lipinski definition) is 3. The van der Waals surface area contributed by atoms with Crippen LogP contribution in [0.5, 0.6) is 0 Å². The second kappa shape index (κ2) is 3.00. The molecule has 0 spiro atoms. The van der Waals surface area contributed by atoms with Gasteiger partial charge in [-0.05, 0) is 31.8 Å². The summed E-state index contributed by atoms with van der Waals surface area (Å²) >= 11 is 0. The zero-order chi connectivity index (χ0) is 8.60. The molecule has 0 aliphatic carbocycles. The molecule has 0 radical (unpaired) electrons. The van der Waals surface area contributed by atoms with E-state index in [0.717, 1.165) is 13.0 Å². The Balaban J connectivity index is 1.83. The minimum Gasteiger partial charge on any atom is -0.303 e. The van der Waals surface area contributed by atoms with E-state index in [1.165, 1.54) is 19.5 Å². The molecule has 1 atom stereocenters. The predicted octanol–water partition coefficient (Wildman–Crippen LogP) is 0.127. The van der Waals surface area contributed by atoms with Gasteiger partial charge in [0, 0.05) is 6.54 Å². The standard InChI is InChI=1S/C8H15NO2S/c10-12(11)5-2-8(7-12)6-9-3-1-4-9/h8H,1-7H2. The highest BCUT2D eigenvalue weighted by atomic mass is 32.2. The molecule has 1 unspecified atom stereocenters. The molecule has 2 saturated heterocycles. The first-order valence-electron chi connectivity index (χ1n) is 4.58. The topological polar surface area (TPSA) is 37.4 Å². The van der Waals surface area contributed by atoms with Gasteiger partial charge in [-0.15, -0.1) is 0 Å². The average molecular weight is 189 g/mol. The summed E-state index contributed by atoms with van der Waals surface area (Å²) < 4.78 is 22.2. The average Bonchev–Trinajstić information content (AvgIpc) is 2.21. The zero-order valence-corrected chi connectivity index (χ0v) is 8.02. The number of hydrogen-bond donors (Lipinski definition) is 0. The van der Waals surface area contributed by atoms with Crippen molar-refractivity contribution < 1.29 is 8.42 Å². The molecular formula is C8H15NO2S. The van der Waals surface area contributed by atoms with E-state index in [-0.39, 0.29) is 0 Å². The number of sulfone groups is 1. The Bertz CT molecular complexity index is 256. The molecule has 2 heterocycles. The third-order valence-electron chi connectivity index (χ3n) is 2.79. The van der Waals surface area contributed by atoms with Gasteiger partial charge in [0.2, 0.25) is 0 Å². The molecule has 2 fully saturated rings. The Morgan fingerprint density at radius 3 is 2.50 bits per heavy atom. The van der Waals surface area contributed by atoms with Crippen molar-refractivity contribution in [3.63, 3.8) is 0 Å². The van der Waals surface area contributed by atoms with Crippen molar-refractivity contribution in [3.05, 3.63) is 0 Å². The summed E-state index contributed by atoms with van der Waals surface area (Å²) in [5, 5.41) is 0. The van der Waals surface area contributed by atoms with Crippen molar-refractivity contribution in [1.82, 2.24) is 4.90 Å². The molecule has 4 heteroatoms. The van der Waals surface area contributed by atoms with Gasteiger partial charge in [-0.25, -0.2) is 8.42 Å². The Labute approximate surface area is 73.7 Å². The molecule has 3 nitrogen and oxygen atoms in total. The minimum atomic E-state index is -2.65. The van der Waals surface area contributed by atoms with Crippen molar-refractivity contribution >= 4 is 9.84 Å². The highest BCUT2D eigenvalue weighted by Crippen LogP contribution is 2.21. The summed E-state index contributed by atoms with van der Waals surface area (Å²) in [5.74, 6) is 1.28. The summed E-state index contributed by atoms with van der Waals surface area (Å²) in [5.41, 5.74) is 0. The maximum absolute atomic E-state index is 11.1. The van der Waals surface area contributed by atoms with Gasteiger partial charge in [0.05, 0.1) is 11.5 Å². The first kappa shape index (κ1) is 8.51. The van der Waals surface area contributed by atoms with E-state index in [9.17, 15) is 8.42 Å².